The normalized spacial score (nSPS) is 10.5. The van der Waals surface area contributed by atoms with Crippen LogP contribution in [0.4, 0.5) is 0 Å². The van der Waals surface area contributed by atoms with Crippen LogP contribution in [0.3, 0.4) is 0 Å². The maximum Gasteiger partial charge on any atom is 0.161 e. The second-order valence-corrected chi connectivity index (χ2v) is 4.08. The average Bonchev–Trinajstić information content (AvgIpc) is 2.93. The Morgan fingerprint density at radius 1 is 1.16 bits per heavy atom. The van der Waals surface area contributed by atoms with Gasteiger partial charge in [-0.1, -0.05) is 5.16 Å². The van der Waals surface area contributed by atoms with Crippen LogP contribution in [0.15, 0.2) is 28.8 Å². The van der Waals surface area contributed by atoms with Crippen molar-refractivity contribution in [3.63, 3.8) is 0 Å². The minimum Gasteiger partial charge on any atom is -0.493 e. The van der Waals surface area contributed by atoms with Crippen LogP contribution in [0.1, 0.15) is 12.2 Å². The third kappa shape index (κ3) is 3.06. The molecule has 0 saturated carbocycles. The summed E-state index contributed by atoms with van der Waals surface area (Å²) in [4.78, 5) is 0. The molecule has 0 unspecified atom stereocenters. The van der Waals surface area contributed by atoms with E-state index in [0.717, 1.165) is 17.0 Å². The summed E-state index contributed by atoms with van der Waals surface area (Å²) in [7, 11) is 3.19. The van der Waals surface area contributed by atoms with Crippen molar-refractivity contribution in [2.75, 3.05) is 20.8 Å². The fraction of sp³-hybridized carbons (Fsp3) is 0.357. The predicted octanol–water partition coefficient (Wildman–Crippen LogP) is 2.28. The molecule has 0 spiro atoms. The molecule has 2 aromatic rings. The smallest absolute Gasteiger partial charge is 0.161 e. The first-order valence-corrected chi connectivity index (χ1v) is 6.07. The zero-order chi connectivity index (χ0) is 13.7. The third-order valence-corrected chi connectivity index (χ3v) is 2.82. The Balaban J connectivity index is 2.23. The van der Waals surface area contributed by atoms with Gasteiger partial charge in [-0.2, -0.15) is 0 Å². The van der Waals surface area contributed by atoms with E-state index in [0.29, 0.717) is 24.3 Å². The molecule has 19 heavy (non-hydrogen) atoms. The first-order valence-electron chi connectivity index (χ1n) is 6.07. The minimum atomic E-state index is 0.145. The molecule has 0 fully saturated rings. The topological polar surface area (TPSA) is 64.7 Å². The molecule has 5 heteroatoms. The lowest BCUT2D eigenvalue weighted by Gasteiger charge is -2.07. The highest BCUT2D eigenvalue weighted by Crippen LogP contribution is 2.32. The van der Waals surface area contributed by atoms with E-state index in [2.05, 4.69) is 5.16 Å². The molecule has 0 aliphatic carbocycles. The maximum absolute atomic E-state index is 8.78. The molecule has 0 aliphatic rings. The standard InChI is InChI=1S/C14H17NO4/c1-17-13-6-5-10(8-14(13)18-2)12-9-11(19-15-12)4-3-7-16/h5-6,8-9,16H,3-4,7H2,1-2H3. The number of aromatic nitrogens is 1. The monoisotopic (exact) mass is 263 g/mol. The Bertz CT molecular complexity index is 536. The lowest BCUT2D eigenvalue weighted by atomic mass is 10.1. The first-order chi connectivity index (χ1) is 9.28. The second kappa shape index (κ2) is 6.24. The Kier molecular flexibility index (Phi) is 4.41. The summed E-state index contributed by atoms with van der Waals surface area (Å²) in [6, 6.07) is 7.45. The summed E-state index contributed by atoms with van der Waals surface area (Å²) in [6.45, 7) is 0.145. The van der Waals surface area contributed by atoms with Gasteiger partial charge in [-0.15, -0.1) is 0 Å². The van der Waals surface area contributed by atoms with Crippen molar-refractivity contribution in [2.24, 2.45) is 0 Å². The van der Waals surface area contributed by atoms with E-state index in [-0.39, 0.29) is 6.61 Å². The highest BCUT2D eigenvalue weighted by molar-refractivity contribution is 5.63. The number of hydrogen-bond donors (Lipinski definition) is 1. The van der Waals surface area contributed by atoms with Gasteiger partial charge in [0.15, 0.2) is 11.5 Å². The van der Waals surface area contributed by atoms with E-state index in [1.54, 1.807) is 14.2 Å². The molecule has 0 saturated heterocycles. The molecule has 5 nitrogen and oxygen atoms in total. The zero-order valence-electron chi connectivity index (χ0n) is 11.0. The van der Waals surface area contributed by atoms with E-state index in [1.807, 2.05) is 24.3 Å². The van der Waals surface area contributed by atoms with Crippen molar-refractivity contribution >= 4 is 0 Å². The van der Waals surface area contributed by atoms with Gasteiger partial charge in [0, 0.05) is 24.7 Å². The van der Waals surface area contributed by atoms with Crippen LogP contribution in [0.5, 0.6) is 11.5 Å². The van der Waals surface area contributed by atoms with Gasteiger partial charge in [-0.25, -0.2) is 0 Å². The summed E-state index contributed by atoms with van der Waals surface area (Å²) >= 11 is 0. The van der Waals surface area contributed by atoms with Crippen molar-refractivity contribution < 1.29 is 19.1 Å². The number of ether oxygens (including phenoxy) is 2. The molecule has 0 aliphatic heterocycles. The van der Waals surface area contributed by atoms with Crippen LogP contribution >= 0.6 is 0 Å². The molecule has 102 valence electrons. The third-order valence-electron chi connectivity index (χ3n) is 2.82. The van der Waals surface area contributed by atoms with E-state index in [4.69, 9.17) is 19.1 Å². The number of methoxy groups -OCH3 is 2. The summed E-state index contributed by atoms with van der Waals surface area (Å²) in [5, 5.41) is 12.8. The Labute approximate surface area is 111 Å². The van der Waals surface area contributed by atoms with E-state index < -0.39 is 0 Å². The average molecular weight is 263 g/mol. The van der Waals surface area contributed by atoms with Gasteiger partial charge in [0.25, 0.3) is 0 Å². The van der Waals surface area contributed by atoms with Crippen LogP contribution in [-0.2, 0) is 6.42 Å². The molecule has 1 aromatic carbocycles. The van der Waals surface area contributed by atoms with Gasteiger partial charge in [-0.3, -0.25) is 0 Å². The van der Waals surface area contributed by atoms with Crippen LogP contribution in [0.2, 0.25) is 0 Å². The Morgan fingerprint density at radius 3 is 2.63 bits per heavy atom. The number of hydrogen-bond acceptors (Lipinski definition) is 5. The van der Waals surface area contributed by atoms with Gasteiger partial charge in [0.05, 0.1) is 14.2 Å². The molecule has 0 bridgehead atoms. The quantitative estimate of drug-likeness (QED) is 0.866. The number of nitrogens with zero attached hydrogens (tertiary/aromatic N) is 1. The van der Waals surface area contributed by atoms with E-state index in [1.165, 1.54) is 0 Å². The van der Waals surface area contributed by atoms with Crippen molar-refractivity contribution in [1.29, 1.82) is 0 Å². The summed E-state index contributed by atoms with van der Waals surface area (Å²) in [5.41, 5.74) is 1.64. The van der Waals surface area contributed by atoms with Gasteiger partial charge in [0.1, 0.15) is 11.5 Å². The van der Waals surface area contributed by atoms with Crippen molar-refractivity contribution in [2.45, 2.75) is 12.8 Å². The molecule has 1 heterocycles. The molecule has 1 N–H and O–H groups in total. The summed E-state index contributed by atoms with van der Waals surface area (Å²) in [6.07, 6.45) is 1.34. The van der Waals surface area contributed by atoms with Gasteiger partial charge in [-0.05, 0) is 24.6 Å². The predicted molar refractivity (Wildman–Crippen MR) is 70.4 cm³/mol. The lowest BCUT2D eigenvalue weighted by molar-refractivity contribution is 0.280. The number of benzene rings is 1. The lowest BCUT2D eigenvalue weighted by Crippen LogP contribution is -1.90. The molecular weight excluding hydrogens is 246 g/mol. The highest BCUT2D eigenvalue weighted by Gasteiger charge is 2.10. The number of aliphatic hydroxyl groups excluding tert-OH is 1. The number of aryl methyl sites for hydroxylation is 1. The van der Waals surface area contributed by atoms with Crippen molar-refractivity contribution in [3.05, 3.63) is 30.0 Å². The van der Waals surface area contributed by atoms with Gasteiger partial charge >= 0.3 is 0 Å². The van der Waals surface area contributed by atoms with Crippen LogP contribution in [-0.4, -0.2) is 31.1 Å². The van der Waals surface area contributed by atoms with Gasteiger partial charge < -0.3 is 19.1 Å². The zero-order valence-corrected chi connectivity index (χ0v) is 11.0. The molecule has 0 amide bonds. The largest absolute Gasteiger partial charge is 0.493 e. The van der Waals surface area contributed by atoms with Crippen molar-refractivity contribution in [1.82, 2.24) is 5.16 Å². The number of rotatable bonds is 6. The summed E-state index contributed by atoms with van der Waals surface area (Å²) in [5.74, 6) is 2.09. The van der Waals surface area contributed by atoms with Crippen LogP contribution in [0, 0.1) is 0 Å². The summed E-state index contributed by atoms with van der Waals surface area (Å²) < 4.78 is 15.7. The Morgan fingerprint density at radius 2 is 1.95 bits per heavy atom. The van der Waals surface area contributed by atoms with Crippen LogP contribution < -0.4 is 9.47 Å². The Hall–Kier alpha value is -2.01. The molecule has 0 radical (unpaired) electrons. The van der Waals surface area contributed by atoms with Crippen LogP contribution in [0.25, 0.3) is 11.3 Å². The number of aliphatic hydroxyl groups is 1. The van der Waals surface area contributed by atoms with E-state index in [9.17, 15) is 0 Å². The highest BCUT2D eigenvalue weighted by atomic mass is 16.5. The molecule has 2 rings (SSSR count). The maximum atomic E-state index is 8.78. The van der Waals surface area contributed by atoms with Crippen molar-refractivity contribution in [3.8, 4) is 22.8 Å². The fourth-order valence-corrected chi connectivity index (χ4v) is 1.82. The fourth-order valence-electron chi connectivity index (χ4n) is 1.82. The first kappa shape index (κ1) is 13.4. The van der Waals surface area contributed by atoms with E-state index >= 15 is 0 Å². The SMILES string of the molecule is COc1ccc(-c2cc(CCCO)on2)cc1OC. The second-order valence-electron chi connectivity index (χ2n) is 4.08. The molecule has 0 atom stereocenters. The van der Waals surface area contributed by atoms with Gasteiger partial charge in [0.2, 0.25) is 0 Å². The molecular formula is C14H17NO4. The molecule has 1 aromatic heterocycles. The minimum absolute atomic E-state index is 0.145.